The summed E-state index contributed by atoms with van der Waals surface area (Å²) in [5.74, 6) is 1.28. The van der Waals surface area contributed by atoms with Gasteiger partial charge in [-0.1, -0.05) is 18.9 Å². The van der Waals surface area contributed by atoms with Crippen LogP contribution in [0.4, 0.5) is 0 Å². The van der Waals surface area contributed by atoms with Crippen molar-refractivity contribution in [2.75, 3.05) is 26.9 Å². The molecule has 0 aromatic heterocycles. The van der Waals surface area contributed by atoms with Gasteiger partial charge in [-0.25, -0.2) is 0 Å². The first kappa shape index (κ1) is 18.1. The van der Waals surface area contributed by atoms with E-state index in [1.165, 1.54) is 7.11 Å². The second-order valence-electron chi connectivity index (χ2n) is 5.75. The van der Waals surface area contributed by atoms with Crippen molar-refractivity contribution in [1.82, 2.24) is 5.32 Å². The number of amides is 1. The zero-order chi connectivity index (χ0) is 17.2. The molecule has 0 unspecified atom stereocenters. The number of ether oxygens (including phenoxy) is 3. The van der Waals surface area contributed by atoms with Gasteiger partial charge in [0.1, 0.15) is 13.2 Å². The van der Waals surface area contributed by atoms with E-state index in [9.17, 15) is 9.59 Å². The Balaban J connectivity index is 1.59. The van der Waals surface area contributed by atoms with Crippen molar-refractivity contribution >= 4 is 11.9 Å². The summed E-state index contributed by atoms with van der Waals surface area (Å²) in [6, 6.07) is 5.60. The first-order valence-electron chi connectivity index (χ1n) is 8.41. The van der Waals surface area contributed by atoms with Crippen LogP contribution in [-0.4, -0.2) is 38.7 Å². The Morgan fingerprint density at radius 1 is 1.08 bits per heavy atom. The standard InChI is InChI=1S/C18H25NO5/c1-22-18(21)6-4-2-3-5-9-19-17(20)13-14-7-8-15-16(12-14)24-11-10-23-15/h7-8,12H,2-6,9-11,13H2,1H3,(H,19,20). The van der Waals surface area contributed by atoms with Gasteiger partial charge in [0, 0.05) is 13.0 Å². The van der Waals surface area contributed by atoms with Crippen LogP contribution >= 0.6 is 0 Å². The molecule has 0 spiro atoms. The van der Waals surface area contributed by atoms with Crippen molar-refractivity contribution in [2.24, 2.45) is 0 Å². The number of hydrogen-bond acceptors (Lipinski definition) is 5. The van der Waals surface area contributed by atoms with Crippen LogP contribution < -0.4 is 14.8 Å². The molecule has 0 saturated carbocycles. The van der Waals surface area contributed by atoms with E-state index in [-0.39, 0.29) is 11.9 Å². The van der Waals surface area contributed by atoms with Crippen LogP contribution in [-0.2, 0) is 20.7 Å². The fraction of sp³-hybridized carbons (Fsp3) is 0.556. The van der Waals surface area contributed by atoms with Gasteiger partial charge in [0.2, 0.25) is 5.91 Å². The predicted octanol–water partition coefficient (Wildman–Crippen LogP) is 2.24. The average Bonchev–Trinajstić information content (AvgIpc) is 2.60. The van der Waals surface area contributed by atoms with E-state index in [0.29, 0.717) is 38.3 Å². The number of carbonyl (C=O) groups is 2. The van der Waals surface area contributed by atoms with Crippen LogP contribution in [0.3, 0.4) is 0 Å². The fourth-order valence-corrected chi connectivity index (χ4v) is 2.52. The second kappa shape index (κ2) is 9.80. The number of unbranched alkanes of at least 4 members (excludes halogenated alkanes) is 3. The van der Waals surface area contributed by atoms with E-state index in [1.54, 1.807) is 0 Å². The summed E-state index contributed by atoms with van der Waals surface area (Å²) in [6.45, 7) is 1.76. The van der Waals surface area contributed by atoms with Crippen molar-refractivity contribution < 1.29 is 23.8 Å². The number of esters is 1. The van der Waals surface area contributed by atoms with E-state index < -0.39 is 0 Å². The number of carbonyl (C=O) groups excluding carboxylic acids is 2. The molecule has 0 atom stereocenters. The van der Waals surface area contributed by atoms with Crippen LogP contribution in [0.2, 0.25) is 0 Å². The highest BCUT2D eigenvalue weighted by atomic mass is 16.6. The van der Waals surface area contributed by atoms with Crippen LogP contribution in [0.15, 0.2) is 18.2 Å². The average molecular weight is 335 g/mol. The van der Waals surface area contributed by atoms with E-state index in [4.69, 9.17) is 9.47 Å². The normalized spacial score (nSPS) is 12.5. The third-order valence-corrected chi connectivity index (χ3v) is 3.83. The van der Waals surface area contributed by atoms with Crippen molar-refractivity contribution in [3.63, 3.8) is 0 Å². The Morgan fingerprint density at radius 2 is 1.83 bits per heavy atom. The lowest BCUT2D eigenvalue weighted by molar-refractivity contribution is -0.140. The fourth-order valence-electron chi connectivity index (χ4n) is 2.52. The third kappa shape index (κ3) is 6.10. The maximum atomic E-state index is 12.0. The quantitative estimate of drug-likeness (QED) is 0.553. The Labute approximate surface area is 142 Å². The highest BCUT2D eigenvalue weighted by Gasteiger charge is 2.13. The molecular weight excluding hydrogens is 310 g/mol. The van der Waals surface area contributed by atoms with Crippen LogP contribution in [0.5, 0.6) is 11.5 Å². The molecule has 1 aliphatic rings. The van der Waals surface area contributed by atoms with E-state index in [2.05, 4.69) is 10.1 Å². The molecule has 0 radical (unpaired) electrons. The summed E-state index contributed by atoms with van der Waals surface area (Å²) in [4.78, 5) is 22.9. The minimum atomic E-state index is -0.164. The zero-order valence-corrected chi connectivity index (χ0v) is 14.1. The minimum absolute atomic E-state index is 0.00115. The highest BCUT2D eigenvalue weighted by molar-refractivity contribution is 5.78. The Kier molecular flexibility index (Phi) is 7.39. The van der Waals surface area contributed by atoms with Gasteiger partial charge >= 0.3 is 5.97 Å². The molecule has 0 aliphatic carbocycles. The second-order valence-corrected chi connectivity index (χ2v) is 5.75. The van der Waals surface area contributed by atoms with Gasteiger partial charge in [-0.2, -0.15) is 0 Å². The summed E-state index contributed by atoms with van der Waals surface area (Å²) in [5, 5.41) is 2.92. The van der Waals surface area contributed by atoms with Gasteiger partial charge < -0.3 is 19.5 Å². The summed E-state index contributed by atoms with van der Waals surface area (Å²) < 4.78 is 15.6. The van der Waals surface area contributed by atoms with Crippen molar-refractivity contribution in [1.29, 1.82) is 0 Å². The summed E-state index contributed by atoms with van der Waals surface area (Å²) in [5.41, 5.74) is 0.912. The molecule has 1 amide bonds. The number of benzene rings is 1. The molecule has 6 heteroatoms. The molecule has 0 saturated heterocycles. The lowest BCUT2D eigenvalue weighted by Crippen LogP contribution is -2.26. The van der Waals surface area contributed by atoms with Crippen molar-refractivity contribution in [3.8, 4) is 11.5 Å². The number of rotatable bonds is 9. The number of fused-ring (bicyclic) bond motifs is 1. The molecule has 24 heavy (non-hydrogen) atoms. The largest absolute Gasteiger partial charge is 0.486 e. The highest BCUT2D eigenvalue weighted by Crippen LogP contribution is 2.30. The zero-order valence-electron chi connectivity index (χ0n) is 14.1. The molecule has 1 aliphatic heterocycles. The molecule has 1 aromatic carbocycles. The Hall–Kier alpha value is -2.24. The summed E-state index contributed by atoms with van der Waals surface area (Å²) >= 11 is 0. The predicted molar refractivity (Wildman–Crippen MR) is 89.2 cm³/mol. The van der Waals surface area contributed by atoms with Crippen LogP contribution in [0.1, 0.15) is 37.7 Å². The van der Waals surface area contributed by atoms with Crippen LogP contribution in [0, 0.1) is 0 Å². The topological polar surface area (TPSA) is 73.9 Å². The first-order chi connectivity index (χ1) is 11.7. The Morgan fingerprint density at radius 3 is 2.62 bits per heavy atom. The lowest BCUT2D eigenvalue weighted by Gasteiger charge is -2.18. The van der Waals surface area contributed by atoms with Gasteiger partial charge in [-0.15, -0.1) is 0 Å². The molecule has 2 rings (SSSR count). The molecule has 132 valence electrons. The number of hydrogen-bond donors (Lipinski definition) is 1. The smallest absolute Gasteiger partial charge is 0.305 e. The number of methoxy groups -OCH3 is 1. The summed E-state index contributed by atoms with van der Waals surface area (Å²) in [7, 11) is 1.40. The molecule has 1 N–H and O–H groups in total. The Bertz CT molecular complexity index is 558. The van der Waals surface area contributed by atoms with E-state index >= 15 is 0 Å². The maximum Gasteiger partial charge on any atom is 0.305 e. The van der Waals surface area contributed by atoms with Gasteiger partial charge in [-0.05, 0) is 30.5 Å². The third-order valence-electron chi connectivity index (χ3n) is 3.83. The van der Waals surface area contributed by atoms with E-state index in [0.717, 1.165) is 37.0 Å². The monoisotopic (exact) mass is 335 g/mol. The number of nitrogens with one attached hydrogen (secondary N) is 1. The minimum Gasteiger partial charge on any atom is -0.486 e. The van der Waals surface area contributed by atoms with Crippen LogP contribution in [0.25, 0.3) is 0 Å². The van der Waals surface area contributed by atoms with Crippen molar-refractivity contribution in [3.05, 3.63) is 23.8 Å². The first-order valence-corrected chi connectivity index (χ1v) is 8.41. The molecule has 6 nitrogen and oxygen atoms in total. The molecule has 0 bridgehead atoms. The molecular formula is C18H25NO5. The SMILES string of the molecule is COC(=O)CCCCCCNC(=O)Cc1ccc2c(c1)OCCO2. The van der Waals surface area contributed by atoms with Crippen molar-refractivity contribution in [2.45, 2.75) is 38.5 Å². The summed E-state index contributed by atoms with van der Waals surface area (Å²) in [6.07, 6.45) is 4.49. The van der Waals surface area contributed by atoms with E-state index in [1.807, 2.05) is 18.2 Å². The van der Waals surface area contributed by atoms with Gasteiger partial charge in [0.15, 0.2) is 11.5 Å². The van der Waals surface area contributed by atoms with Gasteiger partial charge in [0.05, 0.1) is 13.5 Å². The molecule has 0 fully saturated rings. The lowest BCUT2D eigenvalue weighted by atomic mass is 10.1. The van der Waals surface area contributed by atoms with Gasteiger partial charge in [0.25, 0.3) is 0 Å². The maximum absolute atomic E-state index is 12.0. The molecule has 1 aromatic rings. The van der Waals surface area contributed by atoms with Gasteiger partial charge in [-0.3, -0.25) is 9.59 Å². The molecule has 1 heterocycles.